The van der Waals surface area contributed by atoms with E-state index >= 15 is 0 Å². The van der Waals surface area contributed by atoms with Crippen molar-refractivity contribution >= 4 is 29.4 Å². The number of carbonyl (C=O) groups excluding carboxylic acids is 4. The number of ether oxygens (including phenoxy) is 1. The number of rotatable bonds is 4. The summed E-state index contributed by atoms with van der Waals surface area (Å²) in [7, 11) is 1.26. The summed E-state index contributed by atoms with van der Waals surface area (Å²) >= 11 is 0. The Morgan fingerprint density at radius 2 is 1.74 bits per heavy atom. The van der Waals surface area contributed by atoms with Gasteiger partial charge in [0.1, 0.15) is 6.04 Å². The fourth-order valence-electron chi connectivity index (χ4n) is 3.71. The first kappa shape index (κ1) is 18.8. The molecule has 3 rings (SSSR count). The van der Waals surface area contributed by atoms with Crippen LogP contribution < -0.4 is 5.32 Å². The third kappa shape index (κ3) is 3.25. The minimum absolute atomic E-state index is 0.248. The number of carbonyl (C=O) groups is 4. The van der Waals surface area contributed by atoms with Crippen LogP contribution in [0.25, 0.3) is 0 Å². The molecule has 7 nitrogen and oxygen atoms in total. The molecule has 1 aromatic carbocycles. The molecule has 1 fully saturated rings. The Morgan fingerprint density at radius 1 is 1.15 bits per heavy atom. The fourth-order valence-corrected chi connectivity index (χ4v) is 3.71. The van der Waals surface area contributed by atoms with Crippen LogP contribution in [0.5, 0.6) is 0 Å². The summed E-state index contributed by atoms with van der Waals surface area (Å²) in [6.45, 7) is 3.25. The maximum absolute atomic E-state index is 12.7. The number of amides is 3. The average molecular weight is 370 g/mol. The van der Waals surface area contributed by atoms with Gasteiger partial charge < -0.3 is 10.1 Å². The number of aryl methyl sites for hydroxylation is 1. The van der Waals surface area contributed by atoms with E-state index in [0.717, 1.165) is 4.90 Å². The summed E-state index contributed by atoms with van der Waals surface area (Å²) < 4.78 is 4.78. The predicted molar refractivity (Wildman–Crippen MR) is 97.8 cm³/mol. The monoisotopic (exact) mass is 370 g/mol. The quantitative estimate of drug-likeness (QED) is 0.497. The van der Waals surface area contributed by atoms with E-state index in [9.17, 15) is 19.2 Å². The maximum atomic E-state index is 12.7. The van der Waals surface area contributed by atoms with E-state index < -0.39 is 17.9 Å². The van der Waals surface area contributed by atoms with Gasteiger partial charge >= 0.3 is 5.97 Å². The van der Waals surface area contributed by atoms with Crippen molar-refractivity contribution in [1.29, 1.82) is 0 Å². The second-order valence-corrected chi connectivity index (χ2v) is 6.86. The molecule has 1 aliphatic carbocycles. The Kier molecular flexibility index (Phi) is 5.12. The third-order valence-electron chi connectivity index (χ3n) is 5.23. The SMILES string of the molecule is COC(=O)c1c(C)cccc1NC(=O)[C@@H](C)N1C(=O)[C@H]2CC=CC[C@H]2C1=O. The number of imide groups is 1. The number of fused-ring (bicyclic) bond motifs is 1. The molecule has 1 heterocycles. The van der Waals surface area contributed by atoms with Crippen molar-refractivity contribution in [3.8, 4) is 0 Å². The van der Waals surface area contributed by atoms with Gasteiger partial charge in [-0.3, -0.25) is 19.3 Å². The molecule has 3 amide bonds. The van der Waals surface area contributed by atoms with Gasteiger partial charge in [-0.2, -0.15) is 0 Å². The molecular formula is C20H22N2O5. The molecule has 1 saturated heterocycles. The summed E-state index contributed by atoms with van der Waals surface area (Å²) in [5.74, 6) is -2.49. The number of hydrogen-bond donors (Lipinski definition) is 1. The Morgan fingerprint density at radius 3 is 2.30 bits per heavy atom. The van der Waals surface area contributed by atoms with Crippen molar-refractivity contribution in [3.63, 3.8) is 0 Å². The molecule has 2 aliphatic rings. The molecule has 0 radical (unpaired) electrons. The number of hydrogen-bond acceptors (Lipinski definition) is 5. The van der Waals surface area contributed by atoms with E-state index in [1.54, 1.807) is 25.1 Å². The zero-order valence-corrected chi connectivity index (χ0v) is 15.5. The summed E-state index contributed by atoms with van der Waals surface area (Å²) in [5.41, 5.74) is 1.19. The van der Waals surface area contributed by atoms with E-state index in [4.69, 9.17) is 4.74 Å². The number of nitrogens with zero attached hydrogens (tertiary/aromatic N) is 1. The van der Waals surface area contributed by atoms with Gasteiger partial charge in [-0.05, 0) is 38.3 Å². The Labute approximate surface area is 157 Å². The molecule has 0 saturated carbocycles. The topological polar surface area (TPSA) is 92.8 Å². The summed E-state index contributed by atoms with van der Waals surface area (Å²) in [6.07, 6.45) is 4.83. The molecule has 0 unspecified atom stereocenters. The van der Waals surface area contributed by atoms with E-state index in [2.05, 4.69) is 5.32 Å². The Bertz CT molecular complexity index is 819. The van der Waals surface area contributed by atoms with Crippen molar-refractivity contribution in [1.82, 2.24) is 4.90 Å². The van der Waals surface area contributed by atoms with Gasteiger partial charge in [0.05, 0.1) is 30.2 Å². The number of nitrogens with one attached hydrogen (secondary N) is 1. The molecule has 3 atom stereocenters. The molecule has 27 heavy (non-hydrogen) atoms. The van der Waals surface area contributed by atoms with Crippen molar-refractivity contribution in [2.75, 3.05) is 12.4 Å². The van der Waals surface area contributed by atoms with Gasteiger partial charge in [0.15, 0.2) is 0 Å². The van der Waals surface area contributed by atoms with Crippen molar-refractivity contribution in [2.24, 2.45) is 11.8 Å². The molecule has 0 bridgehead atoms. The molecule has 0 spiro atoms. The van der Waals surface area contributed by atoms with Crippen LogP contribution >= 0.6 is 0 Å². The number of benzene rings is 1. The van der Waals surface area contributed by atoms with Gasteiger partial charge in [-0.1, -0.05) is 24.3 Å². The molecule has 1 aromatic rings. The minimum Gasteiger partial charge on any atom is -0.465 e. The van der Waals surface area contributed by atoms with E-state index in [1.807, 2.05) is 12.2 Å². The highest BCUT2D eigenvalue weighted by atomic mass is 16.5. The Balaban J connectivity index is 1.81. The third-order valence-corrected chi connectivity index (χ3v) is 5.23. The van der Waals surface area contributed by atoms with Crippen LogP contribution in [0.15, 0.2) is 30.4 Å². The molecule has 7 heteroatoms. The van der Waals surface area contributed by atoms with Gasteiger partial charge in [-0.25, -0.2) is 4.79 Å². The summed E-state index contributed by atoms with van der Waals surface area (Å²) in [5, 5.41) is 2.66. The van der Waals surface area contributed by atoms with Crippen LogP contribution in [0.2, 0.25) is 0 Å². The minimum atomic E-state index is -0.971. The lowest BCUT2D eigenvalue weighted by molar-refractivity contribution is -0.146. The predicted octanol–water partition coefficient (Wildman–Crippen LogP) is 2.06. The van der Waals surface area contributed by atoms with Gasteiger partial charge in [0, 0.05) is 0 Å². The van der Waals surface area contributed by atoms with Gasteiger partial charge in [0.25, 0.3) is 0 Å². The zero-order chi connectivity index (χ0) is 19.7. The fraction of sp³-hybridized carbons (Fsp3) is 0.400. The van der Waals surface area contributed by atoms with Crippen LogP contribution in [-0.4, -0.2) is 41.7 Å². The van der Waals surface area contributed by atoms with Crippen molar-refractivity contribution < 1.29 is 23.9 Å². The molecule has 1 aliphatic heterocycles. The number of anilines is 1. The molecule has 1 N–H and O–H groups in total. The van der Waals surface area contributed by atoms with E-state index in [1.165, 1.54) is 14.0 Å². The lowest BCUT2D eigenvalue weighted by Crippen LogP contribution is -2.46. The van der Waals surface area contributed by atoms with Crippen molar-refractivity contribution in [2.45, 2.75) is 32.7 Å². The van der Waals surface area contributed by atoms with Crippen LogP contribution in [0.3, 0.4) is 0 Å². The number of likely N-dealkylation sites (tertiary alicyclic amines) is 1. The highest BCUT2D eigenvalue weighted by molar-refractivity contribution is 6.11. The first-order chi connectivity index (χ1) is 12.9. The highest BCUT2D eigenvalue weighted by Crippen LogP contribution is 2.36. The normalized spacial score (nSPS) is 22.4. The van der Waals surface area contributed by atoms with Crippen LogP contribution in [0.4, 0.5) is 5.69 Å². The smallest absolute Gasteiger partial charge is 0.340 e. The lowest BCUT2D eigenvalue weighted by atomic mass is 9.85. The maximum Gasteiger partial charge on any atom is 0.340 e. The highest BCUT2D eigenvalue weighted by Gasteiger charge is 2.50. The van der Waals surface area contributed by atoms with Crippen LogP contribution in [0.1, 0.15) is 35.7 Å². The van der Waals surface area contributed by atoms with Gasteiger partial charge in [-0.15, -0.1) is 0 Å². The Hall–Kier alpha value is -2.96. The molecule has 142 valence electrons. The van der Waals surface area contributed by atoms with E-state index in [-0.39, 0.29) is 34.9 Å². The first-order valence-electron chi connectivity index (χ1n) is 8.87. The first-order valence-corrected chi connectivity index (χ1v) is 8.87. The molecule has 0 aromatic heterocycles. The van der Waals surface area contributed by atoms with Crippen molar-refractivity contribution in [3.05, 3.63) is 41.5 Å². The second kappa shape index (κ2) is 7.34. The number of methoxy groups -OCH3 is 1. The zero-order valence-electron chi connectivity index (χ0n) is 15.5. The molecular weight excluding hydrogens is 348 g/mol. The number of esters is 1. The summed E-state index contributed by atoms with van der Waals surface area (Å²) in [4.78, 5) is 51.1. The standard InChI is InChI=1S/C20H22N2O5/c1-11-7-6-10-15(16(11)20(26)27-3)21-17(23)12(2)22-18(24)13-8-4-5-9-14(13)19(22)25/h4-7,10,12-14H,8-9H2,1-3H3,(H,21,23)/t12-,13-,14+/m1/s1. The van der Waals surface area contributed by atoms with Crippen LogP contribution in [-0.2, 0) is 19.1 Å². The lowest BCUT2D eigenvalue weighted by Gasteiger charge is -2.23. The van der Waals surface area contributed by atoms with Crippen LogP contribution in [0, 0.1) is 18.8 Å². The second-order valence-electron chi connectivity index (χ2n) is 6.86. The van der Waals surface area contributed by atoms with E-state index in [0.29, 0.717) is 18.4 Å². The van der Waals surface area contributed by atoms with Gasteiger partial charge in [0.2, 0.25) is 17.7 Å². The number of allylic oxidation sites excluding steroid dienone is 2. The average Bonchev–Trinajstić information content (AvgIpc) is 2.91. The summed E-state index contributed by atoms with van der Waals surface area (Å²) in [6, 6.07) is 4.05. The largest absolute Gasteiger partial charge is 0.465 e.